The largest absolute Gasteiger partial charge is 0.393 e. The maximum Gasteiger partial charge on any atom is 0.149 e. The van der Waals surface area contributed by atoms with Gasteiger partial charge in [0.15, 0.2) is 0 Å². The molecule has 0 aromatic rings. The van der Waals surface area contributed by atoms with Gasteiger partial charge >= 0.3 is 0 Å². The average Bonchev–Trinajstić information content (AvgIpc) is 2.58. The molecule has 5 heteroatoms. The quantitative estimate of drug-likeness (QED) is 0.501. The molecule has 2 fully saturated rings. The van der Waals surface area contributed by atoms with Crippen LogP contribution < -0.4 is 0 Å². The number of aliphatic hydroxyl groups excluding tert-OH is 2. The fourth-order valence-corrected chi connectivity index (χ4v) is 1.86. The zero-order valence-corrected chi connectivity index (χ0v) is 6.93. The Hall–Kier alpha value is -0.0951. The molecule has 4 nitrogen and oxygen atoms in total. The van der Waals surface area contributed by atoms with E-state index >= 15 is 0 Å². The summed E-state index contributed by atoms with van der Waals surface area (Å²) in [4.78, 5) is 0. The number of fused-ring (bicyclic) bond motifs is 2. The van der Waals surface area contributed by atoms with Gasteiger partial charge in [-0.15, -0.1) is 0 Å². The summed E-state index contributed by atoms with van der Waals surface area (Å²) in [5.74, 6) is 0. The van der Waals surface area contributed by atoms with Crippen molar-refractivity contribution in [3.8, 4) is 0 Å². The van der Waals surface area contributed by atoms with Crippen LogP contribution >= 0.6 is 0 Å². The van der Waals surface area contributed by atoms with E-state index in [1.165, 1.54) is 0 Å². The van der Waals surface area contributed by atoms with Gasteiger partial charge in [0.1, 0.15) is 25.1 Å². The lowest BCUT2D eigenvalue weighted by Gasteiger charge is -2.28. The van der Waals surface area contributed by atoms with Crippen molar-refractivity contribution in [2.24, 2.45) is 0 Å². The van der Waals surface area contributed by atoms with Crippen LogP contribution in [0.5, 0.6) is 0 Å². The molecule has 67 valence electrons. The first-order chi connectivity index (χ1) is 5.73. The van der Waals surface area contributed by atoms with E-state index in [9.17, 15) is 5.11 Å². The zero-order chi connectivity index (χ0) is 8.77. The molecule has 2 aliphatic heterocycles. The van der Waals surface area contributed by atoms with E-state index in [2.05, 4.69) is 0 Å². The smallest absolute Gasteiger partial charge is 0.149 e. The lowest BCUT2D eigenvalue weighted by Crippen LogP contribution is -2.44. The van der Waals surface area contributed by atoms with Gasteiger partial charge in [0, 0.05) is 0 Å². The SMILES string of the molecule is C[B][C@@H]1O[C@@]2(CO)CO[C@@H]1[C@@H]2O. The number of hydrogen-bond donors (Lipinski definition) is 2. The van der Waals surface area contributed by atoms with Crippen LogP contribution in [0.15, 0.2) is 0 Å². The van der Waals surface area contributed by atoms with E-state index in [-0.39, 0.29) is 18.7 Å². The Morgan fingerprint density at radius 2 is 2.42 bits per heavy atom. The summed E-state index contributed by atoms with van der Waals surface area (Å²) >= 11 is 0. The molecule has 12 heavy (non-hydrogen) atoms. The molecular weight excluding hydrogens is 159 g/mol. The summed E-state index contributed by atoms with van der Waals surface area (Å²) in [7, 11) is 1.84. The maximum absolute atomic E-state index is 9.65. The Bertz CT molecular complexity index is 188. The zero-order valence-electron chi connectivity index (χ0n) is 6.93. The van der Waals surface area contributed by atoms with E-state index in [1.807, 2.05) is 14.1 Å². The lowest BCUT2D eigenvalue weighted by atomic mass is 9.72. The minimum Gasteiger partial charge on any atom is -0.393 e. The van der Waals surface area contributed by atoms with Crippen LogP contribution in [0, 0.1) is 0 Å². The molecule has 0 spiro atoms. The van der Waals surface area contributed by atoms with Gasteiger partial charge in [0.25, 0.3) is 0 Å². The van der Waals surface area contributed by atoms with Crippen LogP contribution in [-0.2, 0) is 9.47 Å². The van der Waals surface area contributed by atoms with E-state index in [0.717, 1.165) is 0 Å². The van der Waals surface area contributed by atoms with Crippen LogP contribution in [0.25, 0.3) is 0 Å². The third-order valence-electron chi connectivity index (χ3n) is 2.66. The van der Waals surface area contributed by atoms with Gasteiger partial charge in [-0.05, 0) is 0 Å². The fraction of sp³-hybridized carbons (Fsp3) is 1.00. The molecule has 2 aliphatic rings. The van der Waals surface area contributed by atoms with Crippen LogP contribution in [0.1, 0.15) is 0 Å². The van der Waals surface area contributed by atoms with Crippen molar-refractivity contribution in [3.63, 3.8) is 0 Å². The average molecular weight is 171 g/mol. The van der Waals surface area contributed by atoms with Crippen molar-refractivity contribution >= 4 is 7.28 Å². The highest BCUT2D eigenvalue weighted by Crippen LogP contribution is 2.39. The summed E-state index contributed by atoms with van der Waals surface area (Å²) in [5, 5.41) is 18.7. The minimum atomic E-state index is -0.859. The molecule has 0 aromatic carbocycles. The molecule has 0 aliphatic carbocycles. The van der Waals surface area contributed by atoms with Crippen LogP contribution in [0.3, 0.4) is 0 Å². The Kier molecular flexibility index (Phi) is 1.91. The second-order valence-electron chi connectivity index (χ2n) is 3.36. The summed E-state index contributed by atoms with van der Waals surface area (Å²) in [6.45, 7) is 1.96. The van der Waals surface area contributed by atoms with E-state index in [4.69, 9.17) is 14.6 Å². The lowest BCUT2D eigenvalue weighted by molar-refractivity contribution is -0.137. The van der Waals surface area contributed by atoms with Crippen molar-refractivity contribution in [3.05, 3.63) is 0 Å². The van der Waals surface area contributed by atoms with Crippen molar-refractivity contribution < 1.29 is 19.7 Å². The number of aliphatic hydroxyl groups is 2. The van der Waals surface area contributed by atoms with Gasteiger partial charge in [-0.25, -0.2) is 0 Å². The fourth-order valence-electron chi connectivity index (χ4n) is 1.86. The van der Waals surface area contributed by atoms with Gasteiger partial charge in [0.2, 0.25) is 0 Å². The molecule has 4 atom stereocenters. The first-order valence-corrected chi connectivity index (χ1v) is 4.11. The molecular formula is C7H12BO4. The predicted molar refractivity (Wildman–Crippen MR) is 42.1 cm³/mol. The van der Waals surface area contributed by atoms with Crippen LogP contribution in [-0.4, -0.2) is 54.5 Å². The molecule has 2 saturated heterocycles. The minimum absolute atomic E-state index is 0.180. The van der Waals surface area contributed by atoms with Crippen LogP contribution in [0.4, 0.5) is 0 Å². The predicted octanol–water partition coefficient (Wildman–Crippen LogP) is -1.41. The Balaban J connectivity index is 2.18. The first kappa shape index (κ1) is 8.50. The van der Waals surface area contributed by atoms with Gasteiger partial charge in [0.05, 0.1) is 19.2 Å². The molecule has 0 aromatic heterocycles. The summed E-state index contributed by atoms with van der Waals surface area (Å²) < 4.78 is 10.8. The highest BCUT2D eigenvalue weighted by Gasteiger charge is 2.59. The van der Waals surface area contributed by atoms with Gasteiger partial charge < -0.3 is 19.7 Å². The van der Waals surface area contributed by atoms with E-state index < -0.39 is 11.7 Å². The third-order valence-corrected chi connectivity index (χ3v) is 2.66. The normalized spacial score (nSPS) is 51.4. The molecule has 0 unspecified atom stereocenters. The topological polar surface area (TPSA) is 58.9 Å². The molecule has 1 radical (unpaired) electrons. The highest BCUT2D eigenvalue weighted by atomic mass is 16.6. The monoisotopic (exact) mass is 171 g/mol. The Morgan fingerprint density at radius 1 is 1.67 bits per heavy atom. The van der Waals surface area contributed by atoms with Crippen molar-refractivity contribution in [1.29, 1.82) is 0 Å². The second-order valence-corrected chi connectivity index (χ2v) is 3.36. The third kappa shape index (κ3) is 0.878. The van der Waals surface area contributed by atoms with E-state index in [1.54, 1.807) is 0 Å². The molecule has 2 bridgehead atoms. The molecule has 2 rings (SSSR count). The number of hydrogen-bond acceptors (Lipinski definition) is 4. The van der Waals surface area contributed by atoms with Crippen molar-refractivity contribution in [2.75, 3.05) is 13.2 Å². The number of ether oxygens (including phenoxy) is 2. The Labute approximate surface area is 71.7 Å². The molecule has 2 heterocycles. The van der Waals surface area contributed by atoms with Crippen molar-refractivity contribution in [2.45, 2.75) is 30.6 Å². The summed E-state index contributed by atoms with van der Waals surface area (Å²) in [6, 6.07) is -0.180. The van der Waals surface area contributed by atoms with Gasteiger partial charge in [-0.2, -0.15) is 0 Å². The van der Waals surface area contributed by atoms with Crippen LogP contribution in [0.2, 0.25) is 6.82 Å². The Morgan fingerprint density at radius 3 is 2.83 bits per heavy atom. The van der Waals surface area contributed by atoms with Gasteiger partial charge in [-0.3, -0.25) is 0 Å². The highest BCUT2D eigenvalue weighted by molar-refractivity contribution is 6.35. The summed E-state index contributed by atoms with van der Waals surface area (Å²) in [6.07, 6.45) is -0.981. The molecule has 0 saturated carbocycles. The molecule has 0 amide bonds. The van der Waals surface area contributed by atoms with Gasteiger partial charge in [-0.1, -0.05) is 6.82 Å². The summed E-state index contributed by atoms with van der Waals surface area (Å²) in [5.41, 5.74) is -0.859. The van der Waals surface area contributed by atoms with Crippen molar-refractivity contribution in [1.82, 2.24) is 0 Å². The molecule has 2 N–H and O–H groups in total. The van der Waals surface area contributed by atoms with E-state index in [0.29, 0.717) is 6.61 Å². The number of rotatable bonds is 2. The second kappa shape index (κ2) is 2.70. The maximum atomic E-state index is 9.65. The standard InChI is InChI=1S/C7H12BO4/c1-8-6-4-5(10)7(2-9,12-6)3-11-4/h4-6,9-10H,2-3H2,1H3/t4-,5+,6-,7+/m1/s1. The first-order valence-electron chi connectivity index (χ1n) is 4.11.